The van der Waals surface area contributed by atoms with Crippen LogP contribution in [0.5, 0.6) is 0 Å². The summed E-state index contributed by atoms with van der Waals surface area (Å²) in [5.41, 5.74) is 3.48. The zero-order valence-corrected chi connectivity index (χ0v) is 18.4. The van der Waals surface area contributed by atoms with Crippen molar-refractivity contribution in [1.29, 1.82) is 0 Å². The predicted octanol–water partition coefficient (Wildman–Crippen LogP) is 4.19. The van der Waals surface area contributed by atoms with Crippen molar-refractivity contribution < 1.29 is 9.59 Å². The Bertz CT molecular complexity index is 1220. The second kappa shape index (κ2) is 7.69. The molecule has 7 heteroatoms. The van der Waals surface area contributed by atoms with Gasteiger partial charge in [-0.15, -0.1) is 5.10 Å². The van der Waals surface area contributed by atoms with Gasteiger partial charge in [-0.25, -0.2) is 9.58 Å². The minimum Gasteiger partial charge on any atom is -0.347 e. The van der Waals surface area contributed by atoms with Gasteiger partial charge in [0, 0.05) is 0 Å². The lowest BCUT2D eigenvalue weighted by Gasteiger charge is -2.31. The molecule has 0 spiro atoms. The summed E-state index contributed by atoms with van der Waals surface area (Å²) in [5, 5.41) is 8.20. The zero-order valence-electron chi connectivity index (χ0n) is 18.4. The topological polar surface area (TPSA) is 80.1 Å². The first-order valence-electron chi connectivity index (χ1n) is 11.5. The van der Waals surface area contributed by atoms with Gasteiger partial charge < -0.3 is 5.32 Å². The average Bonchev–Trinajstić information content (AvgIpc) is 3.38. The number of imide groups is 1. The van der Waals surface area contributed by atoms with Gasteiger partial charge in [-0.2, -0.15) is 4.98 Å². The maximum Gasteiger partial charge on any atom is 0.260 e. The highest BCUT2D eigenvalue weighted by atomic mass is 16.2. The fourth-order valence-corrected chi connectivity index (χ4v) is 5.23. The molecule has 33 heavy (non-hydrogen) atoms. The lowest BCUT2D eigenvalue weighted by molar-refractivity contribution is -0.122. The summed E-state index contributed by atoms with van der Waals surface area (Å²) in [5.74, 6) is -0.244. The zero-order chi connectivity index (χ0) is 22.5. The number of fused-ring (bicyclic) bond motifs is 2. The van der Waals surface area contributed by atoms with Gasteiger partial charge in [-0.05, 0) is 37.3 Å². The molecule has 1 N–H and O–H groups in total. The Morgan fingerprint density at radius 3 is 2.21 bits per heavy atom. The van der Waals surface area contributed by atoms with Crippen LogP contribution in [0.4, 0.5) is 11.9 Å². The van der Waals surface area contributed by atoms with Crippen molar-refractivity contribution >= 4 is 23.7 Å². The summed E-state index contributed by atoms with van der Waals surface area (Å²) in [6.45, 7) is 2.07. The summed E-state index contributed by atoms with van der Waals surface area (Å²) < 4.78 is 1.83. The molecule has 1 fully saturated rings. The van der Waals surface area contributed by atoms with Crippen molar-refractivity contribution in [3.8, 4) is 0 Å². The van der Waals surface area contributed by atoms with E-state index in [9.17, 15) is 9.59 Å². The average molecular weight is 440 g/mol. The number of hydrogen-bond donors (Lipinski definition) is 1. The summed E-state index contributed by atoms with van der Waals surface area (Å²) in [4.78, 5) is 32.1. The number of hydrogen-bond acceptors (Lipinski definition) is 5. The smallest absolute Gasteiger partial charge is 0.260 e. The molecule has 2 aromatic carbocycles. The third kappa shape index (κ3) is 3.26. The van der Waals surface area contributed by atoms with Crippen LogP contribution in [-0.4, -0.2) is 26.6 Å². The number of carbonyl (C=O) groups excluding carboxylic acids is 2. The molecule has 2 aliphatic heterocycles. The molecule has 0 bridgehead atoms. The molecule has 1 saturated heterocycles. The second-order valence-electron chi connectivity index (χ2n) is 9.12. The third-order valence-corrected chi connectivity index (χ3v) is 7.05. The molecule has 4 atom stereocenters. The Labute approximate surface area is 192 Å². The van der Waals surface area contributed by atoms with Gasteiger partial charge in [-0.3, -0.25) is 9.59 Å². The summed E-state index contributed by atoms with van der Waals surface area (Å²) in [6, 6.07) is 18.7. The molecule has 0 unspecified atom stereocenters. The molecular weight excluding hydrogens is 414 g/mol. The molecule has 1 aliphatic carbocycles. The van der Waals surface area contributed by atoms with E-state index in [4.69, 9.17) is 5.10 Å². The van der Waals surface area contributed by atoms with Crippen molar-refractivity contribution in [1.82, 2.24) is 14.8 Å². The molecule has 3 aromatic rings. The number of nitrogens with one attached hydrogen (secondary N) is 1. The van der Waals surface area contributed by atoms with Gasteiger partial charge in [0.05, 0.1) is 23.9 Å². The number of carbonyl (C=O) groups is 2. The van der Waals surface area contributed by atoms with E-state index in [2.05, 4.69) is 53.6 Å². The molecule has 0 saturated carbocycles. The molecule has 166 valence electrons. The molecule has 1 aromatic heterocycles. The Morgan fingerprint density at radius 2 is 1.55 bits per heavy atom. The number of allylic oxidation sites excluding steroid dienone is 2. The monoisotopic (exact) mass is 439 g/mol. The van der Waals surface area contributed by atoms with E-state index in [-0.39, 0.29) is 41.7 Å². The fraction of sp³-hybridized carbons (Fsp3) is 0.308. The Kier molecular flexibility index (Phi) is 4.64. The van der Waals surface area contributed by atoms with Crippen LogP contribution in [0.25, 0.3) is 0 Å². The molecule has 2 amide bonds. The Hall–Kier alpha value is -3.74. The second-order valence-corrected chi connectivity index (χ2v) is 9.12. The number of aromatic nitrogens is 3. The van der Waals surface area contributed by atoms with Crippen molar-refractivity contribution in [3.63, 3.8) is 0 Å². The minimum atomic E-state index is -0.305. The van der Waals surface area contributed by atoms with Gasteiger partial charge in [0.25, 0.3) is 5.95 Å². The highest BCUT2D eigenvalue weighted by Crippen LogP contribution is 2.41. The van der Waals surface area contributed by atoms with Crippen molar-refractivity contribution in [2.24, 2.45) is 11.8 Å². The van der Waals surface area contributed by atoms with Crippen LogP contribution < -0.4 is 10.2 Å². The van der Waals surface area contributed by atoms with Crippen LogP contribution in [0.3, 0.4) is 0 Å². The van der Waals surface area contributed by atoms with Crippen LogP contribution in [0.2, 0.25) is 0 Å². The maximum absolute atomic E-state index is 13.1. The van der Waals surface area contributed by atoms with E-state index in [1.807, 2.05) is 35.0 Å². The largest absolute Gasteiger partial charge is 0.347 e. The molecule has 3 heterocycles. The summed E-state index contributed by atoms with van der Waals surface area (Å²) in [6.07, 6.45) is 5.95. The number of aryl methyl sites for hydroxylation is 1. The van der Waals surface area contributed by atoms with Gasteiger partial charge in [-0.1, -0.05) is 72.3 Å². The standard InChI is InChI=1S/C26H25N5O2/c1-16-11-13-18(14-12-16)22-15-21(17-7-3-2-4-8-17)27-25-28-26(29-31(22)25)30-23(32)19-9-5-6-10-20(19)24(30)33/h2-8,11-14,19-22H,9-10,15H2,1H3,(H,27,28,29)/t19-,20+,21-,22+/m0/s1. The number of rotatable bonds is 3. The van der Waals surface area contributed by atoms with Crippen LogP contribution in [0.1, 0.15) is 48.0 Å². The van der Waals surface area contributed by atoms with Crippen LogP contribution in [0, 0.1) is 18.8 Å². The fourth-order valence-electron chi connectivity index (χ4n) is 5.23. The van der Waals surface area contributed by atoms with E-state index in [1.165, 1.54) is 10.5 Å². The molecule has 6 rings (SSSR count). The highest BCUT2D eigenvalue weighted by molar-refractivity contribution is 6.21. The SMILES string of the molecule is Cc1ccc([C@H]2C[C@@H](c3ccccc3)Nc3nc(N4C(=O)[C@H]5CC=CC[C@H]5C4=O)nn32)cc1. The molecular formula is C26H25N5O2. The Balaban J connectivity index is 1.41. The van der Waals surface area contributed by atoms with Gasteiger partial charge in [0.15, 0.2) is 0 Å². The van der Waals surface area contributed by atoms with E-state index >= 15 is 0 Å². The lowest BCUT2D eigenvalue weighted by Crippen LogP contribution is -2.32. The quantitative estimate of drug-likeness (QED) is 0.489. The first kappa shape index (κ1) is 19.9. The highest BCUT2D eigenvalue weighted by Gasteiger charge is 2.49. The third-order valence-electron chi connectivity index (χ3n) is 7.05. The van der Waals surface area contributed by atoms with Crippen LogP contribution in [-0.2, 0) is 9.59 Å². The van der Waals surface area contributed by atoms with Crippen molar-refractivity contribution in [3.05, 3.63) is 83.4 Å². The molecule has 7 nitrogen and oxygen atoms in total. The van der Waals surface area contributed by atoms with Crippen molar-refractivity contribution in [2.75, 3.05) is 10.2 Å². The minimum absolute atomic E-state index is 0.0406. The van der Waals surface area contributed by atoms with Crippen molar-refractivity contribution in [2.45, 2.75) is 38.3 Å². The van der Waals surface area contributed by atoms with Crippen LogP contribution in [0.15, 0.2) is 66.7 Å². The predicted molar refractivity (Wildman–Crippen MR) is 125 cm³/mol. The number of amides is 2. The first-order chi connectivity index (χ1) is 16.1. The van der Waals surface area contributed by atoms with Crippen LogP contribution >= 0.6 is 0 Å². The number of benzene rings is 2. The van der Waals surface area contributed by atoms with E-state index in [0.717, 1.165) is 17.5 Å². The number of anilines is 2. The lowest BCUT2D eigenvalue weighted by atomic mass is 9.85. The first-order valence-corrected chi connectivity index (χ1v) is 11.5. The normalized spacial score (nSPS) is 26.2. The summed E-state index contributed by atoms with van der Waals surface area (Å²) in [7, 11) is 0. The Morgan fingerprint density at radius 1 is 0.879 bits per heavy atom. The maximum atomic E-state index is 13.1. The van der Waals surface area contributed by atoms with Gasteiger partial charge in [0.2, 0.25) is 17.8 Å². The number of nitrogens with zero attached hydrogens (tertiary/aromatic N) is 4. The molecule has 3 aliphatic rings. The van der Waals surface area contributed by atoms with E-state index in [1.54, 1.807) is 0 Å². The van der Waals surface area contributed by atoms with Gasteiger partial charge >= 0.3 is 0 Å². The summed E-state index contributed by atoms with van der Waals surface area (Å²) >= 11 is 0. The van der Waals surface area contributed by atoms with E-state index < -0.39 is 0 Å². The van der Waals surface area contributed by atoms with E-state index in [0.29, 0.717) is 18.8 Å². The van der Waals surface area contributed by atoms with Gasteiger partial charge in [0.1, 0.15) is 0 Å². The molecule has 0 radical (unpaired) electrons.